The van der Waals surface area contributed by atoms with Gasteiger partial charge in [0.05, 0.1) is 22.8 Å². The Bertz CT molecular complexity index is 1450. The lowest BCUT2D eigenvalue weighted by molar-refractivity contribution is 0.0376. The fourth-order valence-electron chi connectivity index (χ4n) is 5.50. The number of nitrogens with zero attached hydrogens (tertiary/aromatic N) is 4. The van der Waals surface area contributed by atoms with Gasteiger partial charge in [0.25, 0.3) is 5.91 Å². The van der Waals surface area contributed by atoms with Crippen molar-refractivity contribution >= 4 is 42.6 Å². The van der Waals surface area contributed by atoms with Crippen LogP contribution in [0.2, 0.25) is 0 Å². The summed E-state index contributed by atoms with van der Waals surface area (Å²) < 4.78 is 62.1. The fourth-order valence-corrected chi connectivity index (χ4v) is 8.21. The normalized spacial score (nSPS) is 21.1. The first kappa shape index (κ1) is 29.0. The van der Waals surface area contributed by atoms with E-state index in [1.165, 1.54) is 39.5 Å². The number of aromatic nitrogens is 1. The molecule has 0 aliphatic carbocycles. The molecule has 2 unspecified atom stereocenters. The Kier molecular flexibility index (Phi) is 8.81. The van der Waals surface area contributed by atoms with Gasteiger partial charge in [0.15, 0.2) is 10.9 Å². The molecule has 0 N–H and O–H groups in total. The minimum Gasteiger partial charge on any atom is -0.379 e. The molecule has 2 aliphatic rings. The highest BCUT2D eigenvalue weighted by molar-refractivity contribution is 7.89. The number of hydrogen-bond donors (Lipinski definition) is 0. The lowest BCUT2D eigenvalue weighted by Gasteiger charge is -2.34. The van der Waals surface area contributed by atoms with Gasteiger partial charge in [-0.2, -0.15) is 4.31 Å². The second kappa shape index (κ2) is 12.2. The molecule has 5 rings (SSSR count). The number of ether oxygens (including phenoxy) is 1. The number of benzene rings is 2. The predicted octanol–water partition coefficient (Wildman–Crippen LogP) is 4.61. The third kappa shape index (κ3) is 6.36. The molecular weight excluding hydrogens is 558 g/mol. The second-order valence-corrected chi connectivity index (χ2v) is 13.7. The van der Waals surface area contributed by atoms with Gasteiger partial charge in [-0.25, -0.2) is 22.2 Å². The maximum Gasteiger partial charge on any atom is 0.260 e. The molecule has 0 radical (unpaired) electrons. The molecule has 1 amide bonds. The van der Waals surface area contributed by atoms with Crippen LogP contribution in [-0.4, -0.2) is 81.0 Å². The van der Waals surface area contributed by atoms with Crippen molar-refractivity contribution < 1.29 is 26.7 Å². The van der Waals surface area contributed by atoms with Crippen molar-refractivity contribution in [3.8, 4) is 0 Å². The smallest absolute Gasteiger partial charge is 0.260 e. The number of morpholine rings is 1. The molecule has 3 heterocycles. The molecule has 0 spiro atoms. The van der Waals surface area contributed by atoms with E-state index in [1.807, 2.05) is 0 Å². The summed E-state index contributed by atoms with van der Waals surface area (Å²) in [4.78, 5) is 21.9. The van der Waals surface area contributed by atoms with E-state index in [2.05, 4.69) is 23.7 Å². The highest BCUT2D eigenvalue weighted by Gasteiger charge is 2.32. The van der Waals surface area contributed by atoms with E-state index >= 15 is 0 Å². The zero-order valence-electron chi connectivity index (χ0n) is 22.7. The molecule has 3 aromatic rings. The van der Waals surface area contributed by atoms with E-state index < -0.39 is 21.7 Å². The van der Waals surface area contributed by atoms with Gasteiger partial charge in [-0.1, -0.05) is 25.2 Å². The SMILES string of the molecule is CC1CC(C)CN(S(=O)(=O)c2ccc(C(=O)N(CCCN3CCOCC3)c3nc4c(F)cc(F)cc4s3)cc2)C1. The molecule has 2 aliphatic heterocycles. The summed E-state index contributed by atoms with van der Waals surface area (Å²) in [6.45, 7) is 9.04. The van der Waals surface area contributed by atoms with Crippen LogP contribution in [-0.2, 0) is 14.8 Å². The number of thiazole rings is 1. The average molecular weight is 593 g/mol. The summed E-state index contributed by atoms with van der Waals surface area (Å²) in [5.74, 6) is -1.32. The molecule has 2 aromatic carbocycles. The van der Waals surface area contributed by atoms with Gasteiger partial charge in [-0.15, -0.1) is 0 Å². The summed E-state index contributed by atoms with van der Waals surface area (Å²) in [5.41, 5.74) is 0.301. The third-order valence-electron chi connectivity index (χ3n) is 7.41. The van der Waals surface area contributed by atoms with E-state index in [1.54, 1.807) is 0 Å². The number of anilines is 1. The van der Waals surface area contributed by atoms with Crippen LogP contribution in [0.3, 0.4) is 0 Å². The Morgan fingerprint density at radius 3 is 2.45 bits per heavy atom. The number of carbonyl (C=O) groups is 1. The first-order valence-electron chi connectivity index (χ1n) is 13.6. The number of piperidine rings is 1. The first-order chi connectivity index (χ1) is 19.1. The zero-order chi connectivity index (χ0) is 28.4. The number of sulfonamides is 1. The van der Waals surface area contributed by atoms with Crippen LogP contribution < -0.4 is 4.90 Å². The molecule has 40 heavy (non-hydrogen) atoms. The molecule has 1 aromatic heterocycles. The van der Waals surface area contributed by atoms with Gasteiger partial charge in [0, 0.05) is 50.9 Å². The fraction of sp³-hybridized carbons (Fsp3) is 0.500. The number of rotatable bonds is 8. The molecule has 12 heteroatoms. The molecular formula is C28H34F2N4O4S2. The molecule has 216 valence electrons. The topological polar surface area (TPSA) is 83.1 Å². The molecule has 2 atom stereocenters. The van der Waals surface area contributed by atoms with Gasteiger partial charge in [-0.05, 0) is 55.0 Å². The Hall–Kier alpha value is -2.51. The van der Waals surface area contributed by atoms with Crippen molar-refractivity contribution in [1.29, 1.82) is 0 Å². The minimum absolute atomic E-state index is 0.0128. The largest absolute Gasteiger partial charge is 0.379 e. The van der Waals surface area contributed by atoms with Crippen molar-refractivity contribution in [2.24, 2.45) is 11.8 Å². The second-order valence-electron chi connectivity index (χ2n) is 10.8. The molecule has 0 bridgehead atoms. The number of halogens is 2. The Labute approximate surface area is 237 Å². The van der Waals surface area contributed by atoms with E-state index in [0.717, 1.165) is 43.5 Å². The van der Waals surface area contributed by atoms with Gasteiger partial charge in [0.1, 0.15) is 11.3 Å². The van der Waals surface area contributed by atoms with Crippen molar-refractivity contribution in [1.82, 2.24) is 14.2 Å². The Balaban J connectivity index is 1.39. The van der Waals surface area contributed by atoms with E-state index in [0.29, 0.717) is 44.0 Å². The van der Waals surface area contributed by atoms with Crippen LogP contribution >= 0.6 is 11.3 Å². The van der Waals surface area contributed by atoms with Crippen LogP contribution in [0.25, 0.3) is 10.2 Å². The van der Waals surface area contributed by atoms with Gasteiger partial charge in [0.2, 0.25) is 10.0 Å². The number of fused-ring (bicyclic) bond motifs is 1. The van der Waals surface area contributed by atoms with Gasteiger partial charge < -0.3 is 4.74 Å². The third-order valence-corrected chi connectivity index (χ3v) is 10.3. The van der Waals surface area contributed by atoms with Crippen molar-refractivity contribution in [2.45, 2.75) is 31.6 Å². The summed E-state index contributed by atoms with van der Waals surface area (Å²) in [5, 5.41) is 0.263. The number of carbonyl (C=O) groups excluding carboxylic acids is 1. The number of hydrogen-bond acceptors (Lipinski definition) is 7. The summed E-state index contributed by atoms with van der Waals surface area (Å²) in [7, 11) is -3.69. The van der Waals surface area contributed by atoms with Crippen LogP contribution in [0.1, 0.15) is 37.0 Å². The summed E-state index contributed by atoms with van der Waals surface area (Å²) >= 11 is 1.05. The van der Waals surface area contributed by atoms with E-state index in [-0.39, 0.29) is 38.9 Å². The minimum atomic E-state index is -3.69. The summed E-state index contributed by atoms with van der Waals surface area (Å²) in [6.07, 6.45) is 1.62. The lowest BCUT2D eigenvalue weighted by Crippen LogP contribution is -2.42. The molecule has 2 fully saturated rings. The highest BCUT2D eigenvalue weighted by atomic mass is 32.2. The van der Waals surface area contributed by atoms with Crippen molar-refractivity contribution in [2.75, 3.05) is 57.4 Å². The monoisotopic (exact) mass is 592 g/mol. The molecule has 2 saturated heterocycles. The standard InChI is InChI=1S/C28H34F2N4O4S2/c1-19-14-20(2)18-33(17-19)40(36,37)23-6-4-21(5-7-23)27(35)34(9-3-8-32-10-12-38-13-11-32)28-31-26-24(30)15-22(29)16-25(26)39-28/h4-7,15-16,19-20H,3,8-14,17-18H2,1-2H3. The summed E-state index contributed by atoms with van der Waals surface area (Å²) in [6, 6.07) is 7.93. The van der Waals surface area contributed by atoms with Crippen molar-refractivity contribution in [3.63, 3.8) is 0 Å². The highest BCUT2D eigenvalue weighted by Crippen LogP contribution is 2.33. The maximum atomic E-state index is 14.4. The number of amides is 1. The molecule has 8 nitrogen and oxygen atoms in total. The molecule has 0 saturated carbocycles. The van der Waals surface area contributed by atoms with Crippen molar-refractivity contribution in [3.05, 3.63) is 53.6 Å². The Morgan fingerprint density at radius 1 is 1.10 bits per heavy atom. The van der Waals surface area contributed by atoms with Crippen LogP contribution in [0.4, 0.5) is 13.9 Å². The van der Waals surface area contributed by atoms with Crippen LogP contribution in [0.5, 0.6) is 0 Å². The van der Waals surface area contributed by atoms with E-state index in [9.17, 15) is 22.0 Å². The predicted molar refractivity (Wildman–Crippen MR) is 151 cm³/mol. The van der Waals surface area contributed by atoms with Crippen LogP contribution in [0.15, 0.2) is 41.3 Å². The quantitative estimate of drug-likeness (QED) is 0.380. The Morgan fingerprint density at radius 2 is 1.77 bits per heavy atom. The first-order valence-corrected chi connectivity index (χ1v) is 15.8. The lowest BCUT2D eigenvalue weighted by atomic mass is 9.94. The van der Waals surface area contributed by atoms with E-state index in [4.69, 9.17) is 4.74 Å². The van der Waals surface area contributed by atoms with Gasteiger partial charge in [-0.3, -0.25) is 14.6 Å². The maximum absolute atomic E-state index is 14.4. The average Bonchev–Trinajstić information content (AvgIpc) is 3.35. The van der Waals surface area contributed by atoms with Crippen LogP contribution in [0, 0.1) is 23.5 Å². The van der Waals surface area contributed by atoms with Gasteiger partial charge >= 0.3 is 0 Å². The zero-order valence-corrected chi connectivity index (χ0v) is 24.3.